The van der Waals surface area contributed by atoms with Crippen LogP contribution in [0.1, 0.15) is 23.3 Å². The van der Waals surface area contributed by atoms with Gasteiger partial charge in [-0.3, -0.25) is 0 Å². The minimum atomic E-state index is -0.445. The lowest BCUT2D eigenvalue weighted by atomic mass is 10.3. The van der Waals surface area contributed by atoms with Crippen LogP contribution in [0.15, 0.2) is 18.2 Å². The Bertz CT molecular complexity index is 344. The van der Waals surface area contributed by atoms with E-state index in [0.29, 0.717) is 13.2 Å². The van der Waals surface area contributed by atoms with E-state index in [4.69, 9.17) is 21.1 Å². The van der Waals surface area contributed by atoms with Crippen molar-refractivity contribution in [2.45, 2.75) is 12.8 Å². The van der Waals surface area contributed by atoms with Crippen LogP contribution in [0.2, 0.25) is 5.15 Å². The quantitative estimate of drug-likeness (QED) is 0.437. The minimum Gasteiger partial charge on any atom is -0.461 e. The fraction of sp³-hybridized carbons (Fsp3) is 0.455. The molecule has 16 heavy (non-hydrogen) atoms. The van der Waals surface area contributed by atoms with Crippen LogP contribution < -0.4 is 0 Å². The molecule has 1 aromatic heterocycles. The Balaban J connectivity index is 2.30. The van der Waals surface area contributed by atoms with Gasteiger partial charge in [0.25, 0.3) is 0 Å². The maximum absolute atomic E-state index is 11.5. The number of pyridine rings is 1. The highest BCUT2D eigenvalue weighted by Gasteiger charge is 2.08. The molecule has 0 unspecified atom stereocenters. The van der Waals surface area contributed by atoms with Crippen LogP contribution in [0.5, 0.6) is 0 Å². The number of hydrogen-bond acceptors (Lipinski definition) is 4. The first kappa shape index (κ1) is 12.9. The molecule has 88 valence electrons. The molecule has 0 aliphatic carbocycles. The van der Waals surface area contributed by atoms with Gasteiger partial charge in [-0.1, -0.05) is 17.7 Å². The minimum absolute atomic E-state index is 0.235. The second-order valence-electron chi connectivity index (χ2n) is 3.18. The van der Waals surface area contributed by atoms with Gasteiger partial charge in [0.1, 0.15) is 10.8 Å². The van der Waals surface area contributed by atoms with E-state index in [0.717, 1.165) is 12.8 Å². The fourth-order valence-electron chi connectivity index (χ4n) is 1.11. The lowest BCUT2D eigenvalue weighted by Gasteiger charge is -2.04. The van der Waals surface area contributed by atoms with Crippen LogP contribution >= 0.6 is 11.6 Å². The van der Waals surface area contributed by atoms with E-state index >= 15 is 0 Å². The summed E-state index contributed by atoms with van der Waals surface area (Å²) in [7, 11) is 1.64. The Hall–Kier alpha value is -1.13. The van der Waals surface area contributed by atoms with E-state index in [2.05, 4.69) is 4.98 Å². The molecule has 0 fully saturated rings. The SMILES string of the molecule is COCCCCOC(=O)c1cccc(Cl)n1. The Labute approximate surface area is 99.5 Å². The van der Waals surface area contributed by atoms with Gasteiger partial charge in [-0.2, -0.15) is 0 Å². The van der Waals surface area contributed by atoms with E-state index in [1.165, 1.54) is 0 Å². The summed E-state index contributed by atoms with van der Waals surface area (Å²) in [4.78, 5) is 15.3. The summed E-state index contributed by atoms with van der Waals surface area (Å²) >= 11 is 5.66. The molecule has 0 aromatic carbocycles. The fourth-order valence-corrected chi connectivity index (χ4v) is 1.27. The lowest BCUT2D eigenvalue weighted by molar-refractivity contribution is 0.0482. The highest BCUT2D eigenvalue weighted by Crippen LogP contribution is 2.06. The molecule has 0 spiro atoms. The van der Waals surface area contributed by atoms with Gasteiger partial charge in [-0.25, -0.2) is 9.78 Å². The van der Waals surface area contributed by atoms with Gasteiger partial charge < -0.3 is 9.47 Å². The van der Waals surface area contributed by atoms with Crippen molar-refractivity contribution in [2.24, 2.45) is 0 Å². The first-order valence-electron chi connectivity index (χ1n) is 5.02. The van der Waals surface area contributed by atoms with Crippen molar-refractivity contribution in [3.8, 4) is 0 Å². The van der Waals surface area contributed by atoms with Gasteiger partial charge >= 0.3 is 5.97 Å². The first-order valence-corrected chi connectivity index (χ1v) is 5.40. The molecule has 0 atom stereocenters. The van der Waals surface area contributed by atoms with E-state index in [1.54, 1.807) is 25.3 Å². The number of hydrogen-bond donors (Lipinski definition) is 0. The molecular weight excluding hydrogens is 230 g/mol. The number of nitrogens with zero attached hydrogens (tertiary/aromatic N) is 1. The average molecular weight is 244 g/mol. The van der Waals surface area contributed by atoms with Crippen molar-refractivity contribution in [1.82, 2.24) is 4.98 Å². The van der Waals surface area contributed by atoms with E-state index in [-0.39, 0.29) is 10.8 Å². The summed E-state index contributed by atoms with van der Waals surface area (Å²) in [6.45, 7) is 1.04. The second kappa shape index (κ2) is 7.19. The molecule has 0 radical (unpaired) electrons. The zero-order chi connectivity index (χ0) is 11.8. The van der Waals surface area contributed by atoms with Crippen molar-refractivity contribution in [1.29, 1.82) is 0 Å². The Morgan fingerprint density at radius 1 is 1.38 bits per heavy atom. The number of unbranched alkanes of at least 4 members (excludes halogenated alkanes) is 1. The van der Waals surface area contributed by atoms with Crippen molar-refractivity contribution >= 4 is 17.6 Å². The van der Waals surface area contributed by atoms with Crippen LogP contribution in [-0.2, 0) is 9.47 Å². The van der Waals surface area contributed by atoms with Crippen molar-refractivity contribution in [2.75, 3.05) is 20.3 Å². The lowest BCUT2D eigenvalue weighted by Crippen LogP contribution is -2.08. The largest absolute Gasteiger partial charge is 0.461 e. The number of ether oxygens (including phenoxy) is 2. The molecule has 0 bridgehead atoms. The Morgan fingerprint density at radius 2 is 2.12 bits per heavy atom. The molecule has 0 saturated carbocycles. The monoisotopic (exact) mass is 243 g/mol. The van der Waals surface area contributed by atoms with E-state index in [1.807, 2.05) is 0 Å². The van der Waals surface area contributed by atoms with Crippen LogP contribution in [0.25, 0.3) is 0 Å². The number of rotatable bonds is 6. The molecule has 1 rings (SSSR count). The number of carbonyl (C=O) groups is 1. The van der Waals surface area contributed by atoms with Gasteiger partial charge in [0, 0.05) is 13.7 Å². The summed E-state index contributed by atoms with van der Waals surface area (Å²) in [5.41, 5.74) is 0.235. The van der Waals surface area contributed by atoms with Crippen molar-refractivity contribution in [3.63, 3.8) is 0 Å². The standard InChI is InChI=1S/C11H14ClNO3/c1-15-7-2-3-8-16-11(14)9-5-4-6-10(12)13-9/h4-6H,2-3,7-8H2,1H3. The molecule has 0 saturated heterocycles. The predicted octanol–water partition coefficient (Wildman–Crippen LogP) is 2.32. The molecule has 0 amide bonds. The maximum atomic E-state index is 11.5. The predicted molar refractivity (Wildman–Crippen MR) is 60.6 cm³/mol. The third-order valence-corrected chi connectivity index (χ3v) is 2.11. The number of aromatic nitrogens is 1. The third kappa shape index (κ3) is 4.59. The molecule has 5 heteroatoms. The zero-order valence-electron chi connectivity index (χ0n) is 9.11. The van der Waals surface area contributed by atoms with Crippen LogP contribution in [0.4, 0.5) is 0 Å². The molecule has 4 nitrogen and oxygen atoms in total. The summed E-state index contributed by atoms with van der Waals surface area (Å²) in [6, 6.07) is 4.84. The molecule has 1 aromatic rings. The molecular formula is C11H14ClNO3. The highest BCUT2D eigenvalue weighted by atomic mass is 35.5. The van der Waals surface area contributed by atoms with Crippen molar-refractivity contribution < 1.29 is 14.3 Å². The third-order valence-electron chi connectivity index (χ3n) is 1.90. The van der Waals surface area contributed by atoms with Gasteiger partial charge in [-0.15, -0.1) is 0 Å². The first-order chi connectivity index (χ1) is 7.74. The Morgan fingerprint density at radius 3 is 2.81 bits per heavy atom. The van der Waals surface area contributed by atoms with Crippen LogP contribution in [0.3, 0.4) is 0 Å². The number of carbonyl (C=O) groups excluding carboxylic acids is 1. The molecule has 0 N–H and O–H groups in total. The van der Waals surface area contributed by atoms with Gasteiger partial charge in [0.05, 0.1) is 6.61 Å². The van der Waals surface area contributed by atoms with E-state index < -0.39 is 5.97 Å². The second-order valence-corrected chi connectivity index (χ2v) is 3.57. The van der Waals surface area contributed by atoms with Crippen LogP contribution in [0, 0.1) is 0 Å². The molecule has 0 aliphatic rings. The topological polar surface area (TPSA) is 48.4 Å². The summed E-state index contributed by atoms with van der Waals surface area (Å²) < 4.78 is 9.89. The number of esters is 1. The van der Waals surface area contributed by atoms with Gasteiger partial charge in [0.2, 0.25) is 0 Å². The van der Waals surface area contributed by atoms with Crippen LogP contribution in [-0.4, -0.2) is 31.3 Å². The smallest absolute Gasteiger partial charge is 0.356 e. The summed E-state index contributed by atoms with van der Waals surface area (Å²) in [5, 5.41) is 0.286. The number of halogens is 1. The molecule has 0 aliphatic heterocycles. The Kier molecular flexibility index (Phi) is 5.82. The summed E-state index contributed by atoms with van der Waals surface area (Å²) in [6.07, 6.45) is 1.65. The molecule has 1 heterocycles. The normalized spacial score (nSPS) is 10.1. The van der Waals surface area contributed by atoms with E-state index in [9.17, 15) is 4.79 Å². The van der Waals surface area contributed by atoms with Gasteiger partial charge in [-0.05, 0) is 25.0 Å². The van der Waals surface area contributed by atoms with Gasteiger partial charge in [0.15, 0.2) is 0 Å². The average Bonchev–Trinajstić information content (AvgIpc) is 2.28. The maximum Gasteiger partial charge on any atom is 0.356 e. The van der Waals surface area contributed by atoms with Crippen molar-refractivity contribution in [3.05, 3.63) is 29.0 Å². The zero-order valence-corrected chi connectivity index (χ0v) is 9.87. The highest BCUT2D eigenvalue weighted by molar-refractivity contribution is 6.29. The summed E-state index contributed by atoms with van der Waals surface area (Å²) in [5.74, 6) is -0.445. The number of methoxy groups -OCH3 is 1.